The zero-order valence-electron chi connectivity index (χ0n) is 14.8. The molecule has 0 aliphatic heterocycles. The second-order valence-electron chi connectivity index (χ2n) is 6.25. The summed E-state index contributed by atoms with van der Waals surface area (Å²) in [6, 6.07) is 10.7. The van der Waals surface area contributed by atoms with Gasteiger partial charge in [-0.2, -0.15) is 5.10 Å². The van der Waals surface area contributed by atoms with E-state index in [0.29, 0.717) is 22.6 Å². The van der Waals surface area contributed by atoms with Crippen LogP contribution in [0.5, 0.6) is 5.75 Å². The lowest BCUT2D eigenvalue weighted by Crippen LogP contribution is -2.20. The second-order valence-corrected chi connectivity index (χ2v) is 6.25. The second kappa shape index (κ2) is 6.60. The third-order valence-electron chi connectivity index (χ3n) is 4.56. The van der Waals surface area contributed by atoms with E-state index in [0.717, 1.165) is 21.9 Å². The Morgan fingerprint density at radius 1 is 1.26 bits per heavy atom. The van der Waals surface area contributed by atoms with Gasteiger partial charge in [-0.25, -0.2) is 4.79 Å². The molecule has 1 amide bonds. The molecule has 0 atom stereocenters. The van der Waals surface area contributed by atoms with Crippen LogP contribution < -0.4 is 15.7 Å². The number of hydrogen-bond donors (Lipinski definition) is 2. The Morgan fingerprint density at radius 2 is 2.11 bits per heavy atom. The minimum Gasteiger partial charge on any atom is -0.497 e. The highest BCUT2D eigenvalue weighted by atomic mass is 16.5. The molecular weight excluding hydrogens is 346 g/mol. The minimum atomic E-state index is -0.520. The number of benzene rings is 2. The number of rotatable bonds is 4. The first kappa shape index (κ1) is 16.8. The van der Waals surface area contributed by atoms with Crippen LogP contribution in [0.4, 0.5) is 5.69 Å². The molecule has 0 spiro atoms. The quantitative estimate of drug-likeness (QED) is 0.543. The number of nitrogens with zero attached hydrogens (tertiary/aromatic N) is 1. The number of methoxy groups -OCH3 is 1. The van der Waals surface area contributed by atoms with Crippen molar-refractivity contribution in [3.8, 4) is 5.75 Å². The smallest absolute Gasteiger partial charge is 0.340 e. The molecule has 136 valence electrons. The lowest BCUT2D eigenvalue weighted by atomic mass is 10.0. The molecule has 0 bridgehead atoms. The van der Waals surface area contributed by atoms with Gasteiger partial charge in [0, 0.05) is 22.5 Å². The molecule has 2 aromatic heterocycles. The summed E-state index contributed by atoms with van der Waals surface area (Å²) in [6.07, 6.45) is 1.61. The molecule has 0 aliphatic rings. The summed E-state index contributed by atoms with van der Waals surface area (Å²) in [5.41, 5.74) is 2.51. The fourth-order valence-electron chi connectivity index (χ4n) is 3.09. The van der Waals surface area contributed by atoms with Crippen molar-refractivity contribution in [3.05, 3.63) is 64.1 Å². The van der Waals surface area contributed by atoms with Gasteiger partial charge in [-0.05, 0) is 42.8 Å². The van der Waals surface area contributed by atoms with Gasteiger partial charge < -0.3 is 14.5 Å². The van der Waals surface area contributed by atoms with Crippen molar-refractivity contribution < 1.29 is 13.9 Å². The maximum atomic E-state index is 12.5. The van der Waals surface area contributed by atoms with E-state index in [1.165, 1.54) is 0 Å². The minimum absolute atomic E-state index is 0.0699. The molecule has 7 heteroatoms. The van der Waals surface area contributed by atoms with Crippen LogP contribution in [0.25, 0.3) is 21.9 Å². The molecule has 2 aromatic carbocycles. The molecule has 7 nitrogen and oxygen atoms in total. The maximum Gasteiger partial charge on any atom is 0.340 e. The van der Waals surface area contributed by atoms with E-state index in [1.807, 2.05) is 25.1 Å². The normalized spacial score (nSPS) is 11.0. The standard InChI is InChI=1S/C20H17N3O4/c1-11-15-5-4-14(26-2)8-18(15)27-20(25)16(11)9-19(24)22-13-3-6-17-12(7-13)10-21-23-17/h3-8,10H,9H2,1-2H3,(H,21,23)(H,22,24). The fraction of sp³-hybridized carbons (Fsp3) is 0.150. The molecule has 27 heavy (non-hydrogen) atoms. The van der Waals surface area contributed by atoms with Crippen molar-refractivity contribution in [2.24, 2.45) is 0 Å². The number of nitrogens with one attached hydrogen (secondary N) is 2. The molecule has 4 aromatic rings. The molecule has 2 heterocycles. The first-order valence-electron chi connectivity index (χ1n) is 8.38. The number of ether oxygens (including phenoxy) is 1. The Bertz CT molecular complexity index is 1220. The van der Waals surface area contributed by atoms with E-state index >= 15 is 0 Å². The topological polar surface area (TPSA) is 97.2 Å². The summed E-state index contributed by atoms with van der Waals surface area (Å²) in [4.78, 5) is 24.8. The SMILES string of the molecule is COc1ccc2c(C)c(CC(=O)Nc3ccc4[nH]ncc4c3)c(=O)oc2c1. The summed E-state index contributed by atoms with van der Waals surface area (Å²) in [5.74, 6) is 0.311. The van der Waals surface area contributed by atoms with Crippen molar-refractivity contribution in [1.29, 1.82) is 0 Å². The zero-order chi connectivity index (χ0) is 19.0. The summed E-state index contributed by atoms with van der Waals surface area (Å²) >= 11 is 0. The summed E-state index contributed by atoms with van der Waals surface area (Å²) in [6.45, 7) is 1.81. The van der Waals surface area contributed by atoms with E-state index in [1.54, 1.807) is 31.5 Å². The van der Waals surface area contributed by atoms with Crippen LogP contribution in [0.1, 0.15) is 11.1 Å². The Balaban J connectivity index is 1.62. The van der Waals surface area contributed by atoms with Gasteiger partial charge in [-0.3, -0.25) is 9.89 Å². The molecule has 0 aliphatic carbocycles. The molecule has 0 saturated heterocycles. The largest absolute Gasteiger partial charge is 0.497 e. The zero-order valence-corrected chi connectivity index (χ0v) is 14.8. The first-order chi connectivity index (χ1) is 13.0. The molecule has 0 saturated carbocycles. The van der Waals surface area contributed by atoms with E-state index in [9.17, 15) is 9.59 Å². The van der Waals surface area contributed by atoms with Crippen molar-refractivity contribution in [3.63, 3.8) is 0 Å². The number of aryl methyl sites for hydroxylation is 1. The van der Waals surface area contributed by atoms with Crippen LogP contribution in [0.3, 0.4) is 0 Å². The van der Waals surface area contributed by atoms with Gasteiger partial charge in [0.25, 0.3) is 0 Å². The van der Waals surface area contributed by atoms with Crippen LogP contribution in [0.15, 0.2) is 51.8 Å². The fourth-order valence-corrected chi connectivity index (χ4v) is 3.09. The predicted octanol–water partition coefficient (Wildman–Crippen LogP) is 3.17. The number of fused-ring (bicyclic) bond motifs is 2. The van der Waals surface area contributed by atoms with E-state index < -0.39 is 5.63 Å². The van der Waals surface area contributed by atoms with Gasteiger partial charge in [0.2, 0.25) is 5.91 Å². The Hall–Kier alpha value is -3.61. The van der Waals surface area contributed by atoms with E-state index in [4.69, 9.17) is 9.15 Å². The Kier molecular flexibility index (Phi) is 4.12. The molecule has 0 fully saturated rings. The Labute approximate surface area is 154 Å². The Morgan fingerprint density at radius 3 is 2.93 bits per heavy atom. The summed E-state index contributed by atoms with van der Waals surface area (Å²) in [5, 5.41) is 11.3. The van der Waals surface area contributed by atoms with Gasteiger partial charge in [0.1, 0.15) is 11.3 Å². The molecule has 0 unspecified atom stereocenters. The van der Waals surface area contributed by atoms with Crippen LogP contribution >= 0.6 is 0 Å². The van der Waals surface area contributed by atoms with Crippen LogP contribution in [0, 0.1) is 6.92 Å². The number of amides is 1. The monoisotopic (exact) mass is 363 g/mol. The molecule has 0 radical (unpaired) electrons. The van der Waals surface area contributed by atoms with Crippen molar-refractivity contribution in [2.75, 3.05) is 12.4 Å². The average Bonchev–Trinajstić information content (AvgIpc) is 3.12. The lowest BCUT2D eigenvalue weighted by molar-refractivity contribution is -0.115. The highest BCUT2D eigenvalue weighted by molar-refractivity contribution is 5.95. The van der Waals surface area contributed by atoms with Gasteiger partial charge in [-0.1, -0.05) is 0 Å². The average molecular weight is 363 g/mol. The lowest BCUT2D eigenvalue weighted by Gasteiger charge is -2.09. The third kappa shape index (κ3) is 3.15. The number of anilines is 1. The van der Waals surface area contributed by atoms with Crippen molar-refractivity contribution in [2.45, 2.75) is 13.3 Å². The molecule has 2 N–H and O–H groups in total. The van der Waals surface area contributed by atoms with Gasteiger partial charge in [0.15, 0.2) is 0 Å². The predicted molar refractivity (Wildman–Crippen MR) is 102 cm³/mol. The van der Waals surface area contributed by atoms with Crippen molar-refractivity contribution in [1.82, 2.24) is 10.2 Å². The highest BCUT2D eigenvalue weighted by Crippen LogP contribution is 2.24. The van der Waals surface area contributed by atoms with Gasteiger partial charge in [-0.15, -0.1) is 0 Å². The third-order valence-corrected chi connectivity index (χ3v) is 4.56. The number of carbonyl (C=O) groups excluding carboxylic acids is 1. The molecule has 4 rings (SSSR count). The van der Waals surface area contributed by atoms with E-state index in [-0.39, 0.29) is 12.3 Å². The number of H-pyrrole nitrogens is 1. The molecular formula is C20H17N3O4. The van der Waals surface area contributed by atoms with E-state index in [2.05, 4.69) is 15.5 Å². The number of hydrogen-bond acceptors (Lipinski definition) is 5. The first-order valence-corrected chi connectivity index (χ1v) is 8.38. The van der Waals surface area contributed by atoms with Crippen LogP contribution in [0.2, 0.25) is 0 Å². The summed E-state index contributed by atoms with van der Waals surface area (Å²) < 4.78 is 10.5. The maximum absolute atomic E-state index is 12.5. The number of aromatic amines is 1. The number of carbonyl (C=O) groups is 1. The van der Waals surface area contributed by atoms with Gasteiger partial charge in [0.05, 0.1) is 30.8 Å². The van der Waals surface area contributed by atoms with Crippen LogP contribution in [-0.4, -0.2) is 23.2 Å². The van der Waals surface area contributed by atoms with Gasteiger partial charge >= 0.3 is 5.63 Å². The highest BCUT2D eigenvalue weighted by Gasteiger charge is 2.15. The summed E-state index contributed by atoms with van der Waals surface area (Å²) in [7, 11) is 1.55. The van der Waals surface area contributed by atoms with Crippen molar-refractivity contribution >= 4 is 33.5 Å². The van der Waals surface area contributed by atoms with Crippen LogP contribution in [-0.2, 0) is 11.2 Å². The number of aromatic nitrogens is 2.